The van der Waals surface area contributed by atoms with Gasteiger partial charge in [-0.1, -0.05) is 25.7 Å². The number of carbonyl (C=O) groups excluding carboxylic acids is 1. The Morgan fingerprint density at radius 2 is 1.52 bits per heavy atom. The molecular formula is C15H18N4O5S. The molecule has 0 aromatic heterocycles. The second-order valence-electron chi connectivity index (χ2n) is 5.87. The average Bonchev–Trinajstić information content (AvgIpc) is 2.82. The van der Waals surface area contributed by atoms with Crippen LogP contribution in [0.5, 0.6) is 0 Å². The highest BCUT2D eigenvalue weighted by atomic mass is 32.1. The highest BCUT2D eigenvalue weighted by Gasteiger charge is 2.21. The van der Waals surface area contributed by atoms with Gasteiger partial charge in [0.2, 0.25) is 0 Å². The van der Waals surface area contributed by atoms with Gasteiger partial charge in [-0.3, -0.25) is 30.3 Å². The Balaban J connectivity index is 2.07. The molecule has 0 atom stereocenters. The number of amides is 1. The fourth-order valence-corrected chi connectivity index (χ4v) is 3.02. The normalized spacial score (nSPS) is 15.0. The van der Waals surface area contributed by atoms with Crippen molar-refractivity contribution in [3.05, 3.63) is 44.0 Å². The summed E-state index contributed by atoms with van der Waals surface area (Å²) >= 11 is 5.11. The SMILES string of the molecule is O=C(NC(=S)NC1CCCCCC1)c1cc([N+](=O)[O-])cc([N+](=O)[O-])c1. The molecule has 0 unspecified atom stereocenters. The number of thiocarbonyl (C=S) groups is 1. The topological polar surface area (TPSA) is 127 Å². The van der Waals surface area contributed by atoms with Crippen molar-refractivity contribution >= 4 is 34.6 Å². The first kappa shape index (κ1) is 18.7. The standard InChI is InChI=1S/C15H18N4O5S/c20-14(17-15(25)16-11-5-3-1-2-4-6-11)10-7-12(18(21)22)9-13(8-10)19(23)24/h7-9,11H,1-6H2,(H2,16,17,20,25). The Bertz CT molecular complexity index is 669. The first-order chi connectivity index (χ1) is 11.9. The number of benzene rings is 1. The summed E-state index contributed by atoms with van der Waals surface area (Å²) in [7, 11) is 0. The van der Waals surface area contributed by atoms with Gasteiger partial charge in [-0.25, -0.2) is 0 Å². The molecule has 1 saturated carbocycles. The molecule has 134 valence electrons. The summed E-state index contributed by atoms with van der Waals surface area (Å²) in [4.78, 5) is 32.4. The maximum Gasteiger partial charge on any atom is 0.277 e. The van der Waals surface area contributed by atoms with E-state index in [1.807, 2.05) is 0 Å². The summed E-state index contributed by atoms with van der Waals surface area (Å²) in [5.74, 6) is -0.724. The van der Waals surface area contributed by atoms with Crippen LogP contribution in [-0.2, 0) is 0 Å². The lowest BCUT2D eigenvalue weighted by Gasteiger charge is -2.18. The predicted octanol–water partition coefficient (Wildman–Crippen LogP) is 2.83. The second-order valence-corrected chi connectivity index (χ2v) is 6.28. The third-order valence-corrected chi connectivity index (χ3v) is 4.22. The molecule has 2 N–H and O–H groups in total. The van der Waals surface area contributed by atoms with Gasteiger partial charge in [0, 0.05) is 18.2 Å². The Morgan fingerprint density at radius 1 is 1.00 bits per heavy atom. The van der Waals surface area contributed by atoms with Gasteiger partial charge in [-0.15, -0.1) is 0 Å². The van der Waals surface area contributed by atoms with Crippen molar-refractivity contribution in [3.63, 3.8) is 0 Å². The molecule has 10 heteroatoms. The van der Waals surface area contributed by atoms with E-state index in [1.54, 1.807) is 0 Å². The van der Waals surface area contributed by atoms with E-state index in [4.69, 9.17) is 12.2 Å². The minimum absolute atomic E-state index is 0.117. The van der Waals surface area contributed by atoms with Crippen LogP contribution in [0.15, 0.2) is 18.2 Å². The van der Waals surface area contributed by atoms with Gasteiger partial charge >= 0.3 is 0 Å². The summed E-state index contributed by atoms with van der Waals surface area (Å²) in [5.41, 5.74) is -1.24. The van der Waals surface area contributed by atoms with E-state index in [2.05, 4.69) is 10.6 Å². The van der Waals surface area contributed by atoms with Crippen LogP contribution in [0.2, 0.25) is 0 Å². The van der Waals surface area contributed by atoms with E-state index < -0.39 is 27.1 Å². The van der Waals surface area contributed by atoms with Gasteiger partial charge in [-0.2, -0.15) is 0 Å². The largest absolute Gasteiger partial charge is 0.360 e. The first-order valence-corrected chi connectivity index (χ1v) is 8.33. The molecule has 0 aliphatic heterocycles. The number of non-ortho nitro benzene ring substituents is 2. The summed E-state index contributed by atoms with van der Waals surface area (Å²) in [5, 5.41) is 27.4. The lowest BCUT2D eigenvalue weighted by atomic mass is 10.1. The van der Waals surface area contributed by atoms with Gasteiger partial charge < -0.3 is 5.32 Å². The van der Waals surface area contributed by atoms with E-state index >= 15 is 0 Å². The van der Waals surface area contributed by atoms with Crippen LogP contribution in [0, 0.1) is 20.2 Å². The second kappa shape index (κ2) is 8.47. The molecule has 0 heterocycles. The molecule has 1 aromatic carbocycles. The van der Waals surface area contributed by atoms with Gasteiger partial charge in [0.05, 0.1) is 21.5 Å². The number of nitrogens with one attached hydrogen (secondary N) is 2. The van der Waals surface area contributed by atoms with E-state index in [0.717, 1.165) is 43.9 Å². The molecule has 1 aliphatic rings. The molecule has 9 nitrogen and oxygen atoms in total. The molecule has 0 saturated heterocycles. The molecular weight excluding hydrogens is 348 g/mol. The zero-order valence-corrected chi connectivity index (χ0v) is 14.2. The van der Waals surface area contributed by atoms with E-state index in [1.165, 1.54) is 12.8 Å². The van der Waals surface area contributed by atoms with Crippen molar-refractivity contribution in [2.75, 3.05) is 0 Å². The fourth-order valence-electron chi connectivity index (χ4n) is 2.76. The predicted molar refractivity (Wildman–Crippen MR) is 94.4 cm³/mol. The van der Waals surface area contributed by atoms with Gasteiger partial charge in [0.1, 0.15) is 0 Å². The first-order valence-electron chi connectivity index (χ1n) is 7.92. The quantitative estimate of drug-likeness (QED) is 0.363. The molecule has 0 spiro atoms. The maximum absolute atomic E-state index is 12.2. The van der Waals surface area contributed by atoms with Crippen molar-refractivity contribution in [2.24, 2.45) is 0 Å². The maximum atomic E-state index is 12.2. The summed E-state index contributed by atoms with van der Waals surface area (Å²) in [6.07, 6.45) is 6.44. The minimum atomic E-state index is -0.786. The Labute approximate surface area is 149 Å². The monoisotopic (exact) mass is 366 g/mol. The van der Waals surface area contributed by atoms with Crippen LogP contribution in [0.3, 0.4) is 0 Å². The van der Waals surface area contributed by atoms with E-state index in [0.29, 0.717) is 0 Å². The van der Waals surface area contributed by atoms with Gasteiger partial charge in [-0.05, 0) is 25.1 Å². The number of hydrogen-bond donors (Lipinski definition) is 2. The van der Waals surface area contributed by atoms with Crippen molar-refractivity contribution in [2.45, 2.75) is 44.6 Å². The number of nitrogens with zero attached hydrogens (tertiary/aromatic N) is 2. The van der Waals surface area contributed by atoms with Crippen LogP contribution < -0.4 is 10.6 Å². The molecule has 1 aliphatic carbocycles. The highest BCUT2D eigenvalue weighted by molar-refractivity contribution is 7.80. The van der Waals surface area contributed by atoms with Gasteiger partial charge in [0.15, 0.2) is 5.11 Å². The number of nitro benzene ring substituents is 2. The summed E-state index contributed by atoms with van der Waals surface area (Å²) in [6.45, 7) is 0. The van der Waals surface area contributed by atoms with E-state index in [9.17, 15) is 25.0 Å². The molecule has 0 bridgehead atoms. The van der Waals surface area contributed by atoms with E-state index in [-0.39, 0.29) is 16.7 Å². The molecule has 1 aromatic rings. The molecule has 25 heavy (non-hydrogen) atoms. The highest BCUT2D eigenvalue weighted by Crippen LogP contribution is 2.22. The lowest BCUT2D eigenvalue weighted by Crippen LogP contribution is -2.44. The van der Waals surface area contributed by atoms with Crippen LogP contribution in [0.1, 0.15) is 48.9 Å². The summed E-state index contributed by atoms with van der Waals surface area (Å²) < 4.78 is 0. The van der Waals surface area contributed by atoms with Crippen molar-refractivity contribution in [3.8, 4) is 0 Å². The third kappa shape index (κ3) is 5.45. The van der Waals surface area contributed by atoms with Crippen LogP contribution in [0.25, 0.3) is 0 Å². The number of carbonyl (C=O) groups is 1. The summed E-state index contributed by atoms with van der Waals surface area (Å²) in [6, 6.07) is 2.95. The fraction of sp³-hybridized carbons (Fsp3) is 0.467. The zero-order chi connectivity index (χ0) is 18.4. The molecule has 0 radical (unpaired) electrons. The Kier molecular flexibility index (Phi) is 6.34. The number of hydrogen-bond acceptors (Lipinski definition) is 6. The molecule has 2 rings (SSSR count). The van der Waals surface area contributed by atoms with Crippen molar-refractivity contribution < 1.29 is 14.6 Å². The third-order valence-electron chi connectivity index (χ3n) is 4.00. The van der Waals surface area contributed by atoms with Crippen LogP contribution in [-0.4, -0.2) is 26.9 Å². The zero-order valence-electron chi connectivity index (χ0n) is 13.4. The van der Waals surface area contributed by atoms with Crippen LogP contribution >= 0.6 is 12.2 Å². The average molecular weight is 366 g/mol. The molecule has 1 amide bonds. The number of nitro groups is 2. The minimum Gasteiger partial charge on any atom is -0.360 e. The molecule has 1 fully saturated rings. The Hall–Kier alpha value is -2.62. The smallest absolute Gasteiger partial charge is 0.277 e. The lowest BCUT2D eigenvalue weighted by molar-refractivity contribution is -0.394. The van der Waals surface area contributed by atoms with Gasteiger partial charge in [0.25, 0.3) is 17.3 Å². The Morgan fingerprint density at radius 3 is 2.00 bits per heavy atom. The van der Waals surface area contributed by atoms with Crippen LogP contribution in [0.4, 0.5) is 11.4 Å². The number of rotatable bonds is 4. The van der Waals surface area contributed by atoms with Crippen molar-refractivity contribution in [1.82, 2.24) is 10.6 Å². The van der Waals surface area contributed by atoms with Crippen molar-refractivity contribution in [1.29, 1.82) is 0 Å².